The minimum absolute atomic E-state index is 0.320. The second-order valence-corrected chi connectivity index (χ2v) is 7.21. The van der Waals surface area contributed by atoms with Crippen molar-refractivity contribution < 1.29 is 23.7 Å². The molecule has 9 heteroatoms. The first-order chi connectivity index (χ1) is 16.0. The normalized spacial score (nSPS) is 10.7. The average molecular weight is 448 g/mol. The molecule has 0 fully saturated rings. The Morgan fingerprint density at radius 3 is 1.97 bits per heavy atom. The highest BCUT2D eigenvalue weighted by Gasteiger charge is 2.18. The molecule has 0 radical (unpaired) electrons. The van der Waals surface area contributed by atoms with Gasteiger partial charge in [-0.05, 0) is 61.0 Å². The van der Waals surface area contributed by atoms with E-state index < -0.39 is 0 Å². The van der Waals surface area contributed by atoms with Gasteiger partial charge in [0.2, 0.25) is 5.75 Å². The van der Waals surface area contributed by atoms with Crippen molar-refractivity contribution in [2.75, 3.05) is 33.8 Å². The Kier molecular flexibility index (Phi) is 6.03. The van der Waals surface area contributed by atoms with E-state index in [1.807, 2.05) is 37.3 Å². The van der Waals surface area contributed by atoms with Crippen LogP contribution in [0.4, 0.5) is 5.69 Å². The van der Waals surface area contributed by atoms with E-state index in [1.54, 1.807) is 30.1 Å². The van der Waals surface area contributed by atoms with Crippen molar-refractivity contribution in [1.29, 1.82) is 0 Å². The molecule has 1 N–H and O–H groups in total. The van der Waals surface area contributed by atoms with Crippen LogP contribution in [0.25, 0.3) is 16.7 Å². The molecule has 0 bridgehead atoms. The Hall–Kier alpha value is -4.27. The lowest BCUT2D eigenvalue weighted by Crippen LogP contribution is -2.13. The van der Waals surface area contributed by atoms with Gasteiger partial charge in [-0.1, -0.05) is 0 Å². The molecule has 0 aliphatic heterocycles. The zero-order chi connectivity index (χ0) is 23.5. The predicted octanol–water partition coefficient (Wildman–Crippen LogP) is 4.02. The Morgan fingerprint density at radius 2 is 1.42 bits per heavy atom. The smallest absolute Gasteiger partial charge is 0.255 e. The Labute approximate surface area is 190 Å². The average Bonchev–Trinajstić information content (AvgIpc) is 3.25. The molecule has 0 saturated heterocycles. The summed E-state index contributed by atoms with van der Waals surface area (Å²) < 4.78 is 21.2. The molecule has 1 heterocycles. The summed E-state index contributed by atoms with van der Waals surface area (Å²) in [5, 5.41) is 12.0. The molecule has 1 amide bonds. The Bertz CT molecular complexity index is 1290. The van der Waals surface area contributed by atoms with Crippen LogP contribution >= 0.6 is 0 Å². The standard InChI is InChI=1S/C24H24N4O5/c1-14-10-19-20(27-28(26-19)16-6-8-17(30-2)9-7-16)13-18(14)25-24(29)15-11-21(31-3)23(33-5)22(12-15)32-4/h6-13H,1-5H3,(H,25,29). The molecule has 0 saturated carbocycles. The molecule has 170 valence electrons. The summed E-state index contributed by atoms with van der Waals surface area (Å²) in [5.74, 6) is 1.65. The molecule has 0 atom stereocenters. The highest BCUT2D eigenvalue weighted by molar-refractivity contribution is 6.06. The van der Waals surface area contributed by atoms with Crippen molar-refractivity contribution in [3.8, 4) is 28.7 Å². The fourth-order valence-electron chi connectivity index (χ4n) is 3.44. The minimum Gasteiger partial charge on any atom is -0.497 e. The van der Waals surface area contributed by atoms with Crippen LogP contribution in [0, 0.1) is 6.92 Å². The van der Waals surface area contributed by atoms with Crippen molar-refractivity contribution in [1.82, 2.24) is 15.0 Å². The topological polar surface area (TPSA) is 96.7 Å². The molecule has 0 aliphatic carbocycles. The highest BCUT2D eigenvalue weighted by Crippen LogP contribution is 2.38. The van der Waals surface area contributed by atoms with Crippen LogP contribution in [0.15, 0.2) is 48.5 Å². The van der Waals surface area contributed by atoms with Crippen LogP contribution in [-0.2, 0) is 0 Å². The summed E-state index contributed by atoms with van der Waals surface area (Å²) in [6.45, 7) is 1.90. The maximum absolute atomic E-state index is 13.0. The van der Waals surface area contributed by atoms with Gasteiger partial charge in [0, 0.05) is 11.3 Å². The van der Waals surface area contributed by atoms with Gasteiger partial charge in [-0.2, -0.15) is 4.80 Å². The van der Waals surface area contributed by atoms with E-state index in [0.717, 1.165) is 17.0 Å². The van der Waals surface area contributed by atoms with E-state index in [4.69, 9.17) is 18.9 Å². The summed E-state index contributed by atoms with van der Waals surface area (Å²) in [4.78, 5) is 14.6. The third kappa shape index (κ3) is 4.25. The van der Waals surface area contributed by atoms with Crippen molar-refractivity contribution in [3.05, 3.63) is 59.7 Å². The number of nitrogens with one attached hydrogen (secondary N) is 1. The van der Waals surface area contributed by atoms with Gasteiger partial charge in [0.05, 0.1) is 34.1 Å². The number of methoxy groups -OCH3 is 4. The van der Waals surface area contributed by atoms with Crippen molar-refractivity contribution in [3.63, 3.8) is 0 Å². The molecule has 1 aromatic heterocycles. The summed E-state index contributed by atoms with van der Waals surface area (Å²) in [6, 6.07) is 14.3. The number of amides is 1. The molecule has 4 aromatic rings. The molecule has 4 rings (SSSR count). The first kappa shape index (κ1) is 21.9. The molecular weight excluding hydrogens is 424 g/mol. The lowest BCUT2D eigenvalue weighted by molar-refractivity contribution is 0.102. The van der Waals surface area contributed by atoms with E-state index in [-0.39, 0.29) is 5.91 Å². The number of fused-ring (bicyclic) bond motifs is 1. The zero-order valence-electron chi connectivity index (χ0n) is 19.0. The number of aryl methyl sites for hydroxylation is 1. The van der Waals surface area contributed by atoms with Gasteiger partial charge in [0.15, 0.2) is 11.5 Å². The van der Waals surface area contributed by atoms with Gasteiger partial charge in [-0.3, -0.25) is 4.79 Å². The van der Waals surface area contributed by atoms with Crippen molar-refractivity contribution in [2.45, 2.75) is 6.92 Å². The third-order valence-corrected chi connectivity index (χ3v) is 5.20. The van der Waals surface area contributed by atoms with Gasteiger partial charge in [0.1, 0.15) is 16.8 Å². The van der Waals surface area contributed by atoms with E-state index >= 15 is 0 Å². The van der Waals surface area contributed by atoms with E-state index in [2.05, 4.69) is 15.5 Å². The summed E-state index contributed by atoms with van der Waals surface area (Å²) in [6.07, 6.45) is 0. The predicted molar refractivity (Wildman–Crippen MR) is 124 cm³/mol. The third-order valence-electron chi connectivity index (χ3n) is 5.20. The highest BCUT2D eigenvalue weighted by atomic mass is 16.5. The van der Waals surface area contributed by atoms with Gasteiger partial charge >= 0.3 is 0 Å². The Balaban J connectivity index is 1.64. The van der Waals surface area contributed by atoms with Gasteiger partial charge in [0.25, 0.3) is 5.91 Å². The van der Waals surface area contributed by atoms with Crippen LogP contribution < -0.4 is 24.3 Å². The monoisotopic (exact) mass is 448 g/mol. The quantitative estimate of drug-likeness (QED) is 0.456. The number of rotatable bonds is 7. The minimum atomic E-state index is -0.320. The van der Waals surface area contributed by atoms with Gasteiger partial charge in [-0.25, -0.2) is 0 Å². The number of ether oxygens (including phenoxy) is 4. The van der Waals surface area contributed by atoms with Crippen LogP contribution in [-0.4, -0.2) is 49.3 Å². The fourth-order valence-corrected chi connectivity index (χ4v) is 3.44. The molecular formula is C24H24N4O5. The summed E-state index contributed by atoms with van der Waals surface area (Å²) in [5.41, 5.74) is 4.01. The molecule has 3 aromatic carbocycles. The molecule has 0 spiro atoms. The summed E-state index contributed by atoms with van der Waals surface area (Å²) in [7, 11) is 6.14. The largest absolute Gasteiger partial charge is 0.497 e. The molecule has 0 aliphatic rings. The van der Waals surface area contributed by atoms with Gasteiger partial charge < -0.3 is 24.3 Å². The van der Waals surface area contributed by atoms with E-state index in [0.29, 0.717) is 39.5 Å². The number of hydrogen-bond acceptors (Lipinski definition) is 7. The van der Waals surface area contributed by atoms with Crippen LogP contribution in [0.3, 0.4) is 0 Å². The van der Waals surface area contributed by atoms with E-state index in [1.165, 1.54) is 21.3 Å². The number of carbonyl (C=O) groups is 1. The maximum Gasteiger partial charge on any atom is 0.255 e. The number of anilines is 1. The second-order valence-electron chi connectivity index (χ2n) is 7.21. The first-order valence-corrected chi connectivity index (χ1v) is 10.1. The van der Waals surface area contributed by atoms with Crippen molar-refractivity contribution >= 4 is 22.6 Å². The van der Waals surface area contributed by atoms with Crippen molar-refractivity contribution in [2.24, 2.45) is 0 Å². The summed E-state index contributed by atoms with van der Waals surface area (Å²) >= 11 is 0. The number of nitrogens with zero attached hydrogens (tertiary/aromatic N) is 3. The lowest BCUT2D eigenvalue weighted by Gasteiger charge is -2.14. The number of carbonyl (C=O) groups excluding carboxylic acids is 1. The molecule has 0 unspecified atom stereocenters. The van der Waals surface area contributed by atoms with Gasteiger partial charge in [-0.15, -0.1) is 10.2 Å². The van der Waals surface area contributed by atoms with Crippen LogP contribution in [0.1, 0.15) is 15.9 Å². The van der Waals surface area contributed by atoms with Crippen LogP contribution in [0.5, 0.6) is 23.0 Å². The molecule has 33 heavy (non-hydrogen) atoms. The maximum atomic E-state index is 13.0. The second kappa shape index (κ2) is 9.07. The number of hydrogen-bond donors (Lipinski definition) is 1. The number of benzene rings is 3. The fraction of sp³-hybridized carbons (Fsp3) is 0.208. The zero-order valence-corrected chi connectivity index (χ0v) is 19.0. The van der Waals surface area contributed by atoms with Crippen LogP contribution in [0.2, 0.25) is 0 Å². The SMILES string of the molecule is COc1ccc(-n2nc3cc(C)c(NC(=O)c4cc(OC)c(OC)c(OC)c4)cc3n2)cc1. The number of aromatic nitrogens is 3. The lowest BCUT2D eigenvalue weighted by atomic mass is 10.1. The first-order valence-electron chi connectivity index (χ1n) is 10.1. The molecule has 9 nitrogen and oxygen atoms in total. The Morgan fingerprint density at radius 1 is 0.818 bits per heavy atom. The van der Waals surface area contributed by atoms with E-state index in [9.17, 15) is 4.79 Å².